The molecule has 0 aromatic carbocycles. The average Bonchev–Trinajstić information content (AvgIpc) is 3.39. The molecule has 8 heteroatoms. The van der Waals surface area contributed by atoms with Crippen molar-refractivity contribution >= 4 is 17.4 Å². The van der Waals surface area contributed by atoms with Crippen LogP contribution in [-0.4, -0.2) is 38.6 Å². The summed E-state index contributed by atoms with van der Waals surface area (Å²) in [6.07, 6.45) is 1.87. The third-order valence-electron chi connectivity index (χ3n) is 5.31. The van der Waals surface area contributed by atoms with E-state index < -0.39 is 0 Å². The zero-order chi connectivity index (χ0) is 20.8. The molecule has 0 N–H and O–H groups in total. The van der Waals surface area contributed by atoms with Gasteiger partial charge >= 0.3 is 0 Å². The lowest BCUT2D eigenvalue weighted by Crippen LogP contribution is -2.39. The second kappa shape index (κ2) is 7.40. The van der Waals surface area contributed by atoms with Crippen LogP contribution >= 0.6 is 11.5 Å². The summed E-state index contributed by atoms with van der Waals surface area (Å²) in [5.74, 6) is 2.02. The van der Waals surface area contributed by atoms with Gasteiger partial charge in [-0.1, -0.05) is 30.4 Å². The number of aryl methyl sites for hydroxylation is 2. The van der Waals surface area contributed by atoms with Gasteiger partial charge in [0.05, 0.1) is 11.4 Å². The van der Waals surface area contributed by atoms with Crippen LogP contribution in [0.1, 0.15) is 72.8 Å². The molecular formula is C21H26N4O3S. The molecule has 0 spiro atoms. The Labute approximate surface area is 174 Å². The van der Waals surface area contributed by atoms with E-state index in [0.717, 1.165) is 40.4 Å². The van der Waals surface area contributed by atoms with Crippen molar-refractivity contribution in [2.45, 2.75) is 58.8 Å². The van der Waals surface area contributed by atoms with Crippen LogP contribution in [-0.2, 0) is 5.41 Å². The number of carbonyl (C=O) groups excluding carboxylic acids is 1. The largest absolute Gasteiger partial charge is 0.455 e. The average molecular weight is 415 g/mol. The third-order valence-corrected chi connectivity index (χ3v) is 6.07. The number of carbonyl (C=O) groups is 1. The number of hydrogen-bond acceptors (Lipinski definition) is 7. The Balaban J connectivity index is 1.56. The minimum Gasteiger partial charge on any atom is -0.455 e. The molecule has 1 aliphatic rings. The van der Waals surface area contributed by atoms with E-state index in [4.69, 9.17) is 8.94 Å². The van der Waals surface area contributed by atoms with Crippen LogP contribution in [0, 0.1) is 13.8 Å². The van der Waals surface area contributed by atoms with E-state index in [1.165, 1.54) is 11.5 Å². The molecule has 1 fully saturated rings. The van der Waals surface area contributed by atoms with E-state index >= 15 is 0 Å². The third kappa shape index (κ3) is 3.85. The summed E-state index contributed by atoms with van der Waals surface area (Å²) < 4.78 is 15.5. The maximum atomic E-state index is 13.2. The van der Waals surface area contributed by atoms with Crippen molar-refractivity contribution in [2.75, 3.05) is 13.1 Å². The van der Waals surface area contributed by atoms with E-state index in [9.17, 15) is 4.79 Å². The van der Waals surface area contributed by atoms with Crippen molar-refractivity contribution in [3.05, 3.63) is 40.6 Å². The Morgan fingerprint density at radius 3 is 2.72 bits per heavy atom. The molecule has 3 aromatic rings. The summed E-state index contributed by atoms with van der Waals surface area (Å²) in [5, 5.41) is 8.34. The second-order valence-corrected chi connectivity index (χ2v) is 9.54. The van der Waals surface area contributed by atoms with Crippen molar-refractivity contribution in [3.8, 4) is 10.6 Å². The molecule has 0 saturated carbocycles. The number of furan rings is 1. The van der Waals surface area contributed by atoms with Crippen LogP contribution in [0.25, 0.3) is 10.6 Å². The van der Waals surface area contributed by atoms with Crippen molar-refractivity contribution < 1.29 is 13.7 Å². The lowest BCUT2D eigenvalue weighted by molar-refractivity contribution is 0.0669. The molecule has 1 aliphatic heterocycles. The van der Waals surface area contributed by atoms with E-state index in [1.54, 1.807) is 0 Å². The van der Waals surface area contributed by atoms with E-state index in [1.807, 2.05) is 30.9 Å². The number of hydrogen-bond donors (Lipinski definition) is 0. The van der Waals surface area contributed by atoms with Gasteiger partial charge in [-0.3, -0.25) is 4.79 Å². The normalized spacial score (nSPS) is 17.7. The molecule has 7 nitrogen and oxygen atoms in total. The molecule has 4 heterocycles. The highest BCUT2D eigenvalue weighted by Crippen LogP contribution is 2.36. The Morgan fingerprint density at radius 1 is 1.28 bits per heavy atom. The van der Waals surface area contributed by atoms with Gasteiger partial charge in [-0.05, 0) is 44.3 Å². The van der Waals surface area contributed by atoms with Crippen LogP contribution in [0.4, 0.5) is 0 Å². The number of rotatable bonds is 3. The zero-order valence-electron chi connectivity index (χ0n) is 17.5. The summed E-state index contributed by atoms with van der Waals surface area (Å²) in [6.45, 7) is 11.4. The van der Waals surface area contributed by atoms with Crippen LogP contribution in [0.5, 0.6) is 0 Å². The van der Waals surface area contributed by atoms with Crippen molar-refractivity contribution in [3.63, 3.8) is 0 Å². The number of aromatic nitrogens is 3. The lowest BCUT2D eigenvalue weighted by Gasteiger charge is -2.31. The van der Waals surface area contributed by atoms with Gasteiger partial charge in [-0.2, -0.15) is 0 Å². The fourth-order valence-electron chi connectivity index (χ4n) is 3.70. The first kappa shape index (κ1) is 19.8. The Kier molecular flexibility index (Phi) is 5.06. The van der Waals surface area contributed by atoms with E-state index in [-0.39, 0.29) is 17.2 Å². The summed E-state index contributed by atoms with van der Waals surface area (Å²) in [4.78, 5) is 16.0. The highest BCUT2D eigenvalue weighted by atomic mass is 32.1. The fourth-order valence-corrected chi connectivity index (χ4v) is 4.40. The molecule has 4 rings (SSSR count). The first-order valence-corrected chi connectivity index (χ1v) is 10.7. The van der Waals surface area contributed by atoms with Crippen molar-refractivity contribution in [2.24, 2.45) is 0 Å². The van der Waals surface area contributed by atoms with Gasteiger partial charge < -0.3 is 13.8 Å². The van der Waals surface area contributed by atoms with Crippen molar-refractivity contribution in [1.82, 2.24) is 19.6 Å². The maximum absolute atomic E-state index is 13.2. The van der Waals surface area contributed by atoms with Crippen molar-refractivity contribution in [1.29, 1.82) is 0 Å². The summed E-state index contributed by atoms with van der Waals surface area (Å²) in [6, 6.07) is 3.87. The maximum Gasteiger partial charge on any atom is 0.289 e. The summed E-state index contributed by atoms with van der Waals surface area (Å²) >= 11 is 1.31. The topological polar surface area (TPSA) is 85.3 Å². The molecule has 0 radical (unpaired) electrons. The first-order valence-electron chi connectivity index (χ1n) is 9.90. The summed E-state index contributed by atoms with van der Waals surface area (Å²) in [7, 11) is 0. The van der Waals surface area contributed by atoms with Gasteiger partial charge in [0.2, 0.25) is 0 Å². The number of amides is 1. The van der Waals surface area contributed by atoms with Crippen LogP contribution in [0.3, 0.4) is 0 Å². The fraction of sp³-hybridized carbons (Fsp3) is 0.524. The second-order valence-electron chi connectivity index (χ2n) is 8.78. The lowest BCUT2D eigenvalue weighted by atomic mass is 9.93. The SMILES string of the molecule is Cc1cc(-c2snnc2C2CCCN(C(=O)c3oc(C(C)(C)C)cc3C)C2)on1. The number of nitrogens with zero attached hydrogens (tertiary/aromatic N) is 4. The van der Waals surface area contributed by atoms with E-state index in [2.05, 4.69) is 35.5 Å². The minimum atomic E-state index is -0.135. The highest BCUT2D eigenvalue weighted by Gasteiger charge is 2.32. The van der Waals surface area contributed by atoms with E-state index in [0.29, 0.717) is 24.6 Å². The monoisotopic (exact) mass is 414 g/mol. The number of piperidine rings is 1. The quantitative estimate of drug-likeness (QED) is 0.616. The molecule has 1 atom stereocenters. The predicted molar refractivity (Wildman–Crippen MR) is 110 cm³/mol. The molecule has 0 aliphatic carbocycles. The molecular weight excluding hydrogens is 388 g/mol. The van der Waals surface area contributed by atoms with Crippen LogP contribution in [0.2, 0.25) is 0 Å². The number of likely N-dealkylation sites (tertiary alicyclic amines) is 1. The Bertz CT molecular complexity index is 1030. The molecule has 1 unspecified atom stereocenters. The highest BCUT2D eigenvalue weighted by molar-refractivity contribution is 7.09. The van der Waals surface area contributed by atoms with Gasteiger partial charge in [-0.25, -0.2) is 0 Å². The van der Waals surface area contributed by atoms with Gasteiger partial charge in [0.25, 0.3) is 5.91 Å². The van der Waals surface area contributed by atoms with Gasteiger partial charge in [0, 0.05) is 36.1 Å². The Hall–Kier alpha value is -2.48. The predicted octanol–water partition coefficient (Wildman–Crippen LogP) is 4.72. The molecule has 0 bridgehead atoms. The van der Waals surface area contributed by atoms with Crippen LogP contribution < -0.4 is 0 Å². The Morgan fingerprint density at radius 2 is 2.07 bits per heavy atom. The standard InChI is InChI=1S/C21H26N4O3S/c1-12-9-16(21(3,4)5)27-18(12)20(26)25-8-6-7-14(11-25)17-19(29-24-22-17)15-10-13(2)23-28-15/h9-10,14H,6-8,11H2,1-5H3. The molecule has 1 amide bonds. The van der Waals surface area contributed by atoms with Gasteiger partial charge in [-0.15, -0.1) is 5.10 Å². The molecule has 1 saturated heterocycles. The zero-order valence-corrected chi connectivity index (χ0v) is 18.3. The molecule has 3 aromatic heterocycles. The van der Waals surface area contributed by atoms with Gasteiger partial charge in [0.1, 0.15) is 10.6 Å². The molecule has 154 valence electrons. The van der Waals surface area contributed by atoms with Gasteiger partial charge in [0.15, 0.2) is 11.5 Å². The first-order chi connectivity index (χ1) is 13.7. The minimum absolute atomic E-state index is 0.0528. The smallest absolute Gasteiger partial charge is 0.289 e. The van der Waals surface area contributed by atoms with Crippen LogP contribution in [0.15, 0.2) is 21.1 Å². The summed E-state index contributed by atoms with van der Waals surface area (Å²) in [5.41, 5.74) is 2.46. The molecule has 29 heavy (non-hydrogen) atoms.